The fourth-order valence-electron chi connectivity index (χ4n) is 2.78. The van der Waals surface area contributed by atoms with Gasteiger partial charge in [0.25, 0.3) is 0 Å². The predicted molar refractivity (Wildman–Crippen MR) is 77.7 cm³/mol. The summed E-state index contributed by atoms with van der Waals surface area (Å²) >= 11 is 0. The summed E-state index contributed by atoms with van der Waals surface area (Å²) in [6, 6.07) is 13.6. The van der Waals surface area contributed by atoms with Crippen molar-refractivity contribution in [1.82, 2.24) is 0 Å². The Kier molecular flexibility index (Phi) is 3.49. The van der Waals surface area contributed by atoms with E-state index in [9.17, 15) is 15.0 Å². The Morgan fingerprint density at radius 1 is 1.10 bits per heavy atom. The molecule has 0 fully saturated rings. The molecule has 0 radical (unpaired) electrons. The fraction of sp³-hybridized carbons (Fsp3) is 0.235. The molecule has 108 valence electrons. The summed E-state index contributed by atoms with van der Waals surface area (Å²) in [4.78, 5) is 11.3. The van der Waals surface area contributed by atoms with Crippen molar-refractivity contribution in [3.63, 3.8) is 0 Å². The van der Waals surface area contributed by atoms with Crippen LogP contribution in [-0.4, -0.2) is 29.4 Å². The van der Waals surface area contributed by atoms with E-state index < -0.39 is 18.2 Å². The lowest BCUT2D eigenvalue weighted by Gasteiger charge is -2.17. The summed E-state index contributed by atoms with van der Waals surface area (Å²) in [7, 11) is 1.18. The van der Waals surface area contributed by atoms with Crippen molar-refractivity contribution in [3.05, 3.63) is 59.2 Å². The number of carbonyl (C=O) groups is 1. The summed E-state index contributed by atoms with van der Waals surface area (Å²) in [5, 5.41) is 19.8. The standard InChI is InChI=1S/C17H16O4/c1-21-17(20)16(19)15(18)11-6-7-14-12(9-11)8-10-4-2-3-5-13(10)14/h2-7,9,15-16,18-19H,8H2,1H3. The Hall–Kier alpha value is -2.17. The second-order valence-corrected chi connectivity index (χ2v) is 5.16. The van der Waals surface area contributed by atoms with E-state index >= 15 is 0 Å². The number of carbonyl (C=O) groups excluding carboxylic acids is 1. The molecule has 0 spiro atoms. The topological polar surface area (TPSA) is 66.8 Å². The summed E-state index contributed by atoms with van der Waals surface area (Å²) < 4.78 is 4.45. The van der Waals surface area contributed by atoms with E-state index in [0.717, 1.165) is 17.5 Å². The molecule has 2 aromatic rings. The van der Waals surface area contributed by atoms with Gasteiger partial charge in [-0.15, -0.1) is 0 Å². The Morgan fingerprint density at radius 3 is 2.57 bits per heavy atom. The lowest BCUT2D eigenvalue weighted by Crippen LogP contribution is -2.29. The normalized spacial score (nSPS) is 15.0. The van der Waals surface area contributed by atoms with Gasteiger partial charge in [0.15, 0.2) is 6.10 Å². The highest BCUT2D eigenvalue weighted by Gasteiger charge is 2.28. The van der Waals surface area contributed by atoms with Crippen LogP contribution in [0.4, 0.5) is 0 Å². The molecule has 1 aliphatic carbocycles. The van der Waals surface area contributed by atoms with Crippen LogP contribution in [0.2, 0.25) is 0 Å². The van der Waals surface area contributed by atoms with Gasteiger partial charge in [-0.1, -0.05) is 42.5 Å². The highest BCUT2D eigenvalue weighted by molar-refractivity contribution is 5.78. The van der Waals surface area contributed by atoms with Crippen molar-refractivity contribution < 1.29 is 19.7 Å². The first-order valence-corrected chi connectivity index (χ1v) is 6.77. The van der Waals surface area contributed by atoms with Crippen molar-refractivity contribution in [2.75, 3.05) is 7.11 Å². The maximum Gasteiger partial charge on any atom is 0.337 e. The third-order valence-electron chi connectivity index (χ3n) is 3.90. The number of methoxy groups -OCH3 is 1. The van der Waals surface area contributed by atoms with Crippen molar-refractivity contribution >= 4 is 5.97 Å². The highest BCUT2D eigenvalue weighted by atomic mass is 16.5. The number of aliphatic hydroxyl groups excluding tert-OH is 2. The summed E-state index contributed by atoms with van der Waals surface area (Å²) in [6.45, 7) is 0. The lowest BCUT2D eigenvalue weighted by atomic mass is 9.98. The van der Waals surface area contributed by atoms with E-state index in [2.05, 4.69) is 16.9 Å². The number of esters is 1. The average Bonchev–Trinajstić information content (AvgIpc) is 2.90. The number of aliphatic hydroxyl groups is 2. The molecule has 2 unspecified atom stereocenters. The summed E-state index contributed by atoms with van der Waals surface area (Å²) in [5.41, 5.74) is 5.17. The average molecular weight is 284 g/mol. The molecular weight excluding hydrogens is 268 g/mol. The molecule has 0 aliphatic heterocycles. The van der Waals surface area contributed by atoms with Crippen LogP contribution in [0.3, 0.4) is 0 Å². The minimum Gasteiger partial charge on any atom is -0.467 e. The monoisotopic (exact) mass is 284 g/mol. The lowest BCUT2D eigenvalue weighted by molar-refractivity contribution is -0.156. The maximum absolute atomic E-state index is 11.3. The third-order valence-corrected chi connectivity index (χ3v) is 3.90. The molecule has 0 amide bonds. The fourth-order valence-corrected chi connectivity index (χ4v) is 2.78. The Labute approximate surface area is 122 Å². The molecule has 0 heterocycles. The summed E-state index contributed by atoms with van der Waals surface area (Å²) in [5.74, 6) is -0.841. The minimum absolute atomic E-state index is 0.513. The zero-order valence-corrected chi connectivity index (χ0v) is 11.6. The molecule has 0 saturated carbocycles. The second-order valence-electron chi connectivity index (χ2n) is 5.16. The van der Waals surface area contributed by atoms with Gasteiger partial charge >= 0.3 is 5.97 Å². The molecule has 4 nitrogen and oxygen atoms in total. The van der Waals surface area contributed by atoms with Crippen molar-refractivity contribution in [1.29, 1.82) is 0 Å². The van der Waals surface area contributed by atoms with E-state index in [1.165, 1.54) is 18.2 Å². The van der Waals surface area contributed by atoms with Crippen LogP contribution in [0, 0.1) is 0 Å². The van der Waals surface area contributed by atoms with Crippen LogP contribution in [0.1, 0.15) is 22.8 Å². The molecular formula is C17H16O4. The number of hydrogen-bond donors (Lipinski definition) is 2. The van der Waals surface area contributed by atoms with Gasteiger partial charge in [-0.25, -0.2) is 4.79 Å². The predicted octanol–water partition coefficient (Wildman–Crippen LogP) is 1.83. The van der Waals surface area contributed by atoms with Crippen LogP contribution >= 0.6 is 0 Å². The van der Waals surface area contributed by atoms with Gasteiger partial charge in [-0.3, -0.25) is 0 Å². The van der Waals surface area contributed by atoms with Gasteiger partial charge in [0.05, 0.1) is 7.11 Å². The smallest absolute Gasteiger partial charge is 0.337 e. The molecule has 0 saturated heterocycles. The van der Waals surface area contributed by atoms with E-state index in [1.807, 2.05) is 24.3 Å². The molecule has 2 aromatic carbocycles. The Bertz CT molecular complexity index is 693. The van der Waals surface area contributed by atoms with Gasteiger partial charge in [0.2, 0.25) is 0 Å². The SMILES string of the molecule is COC(=O)C(O)C(O)c1ccc2c(c1)Cc1ccccc1-2. The summed E-state index contributed by atoms with van der Waals surface area (Å²) in [6.07, 6.45) is -2.07. The molecule has 3 rings (SSSR count). The van der Waals surface area contributed by atoms with E-state index in [-0.39, 0.29) is 0 Å². The number of hydrogen-bond acceptors (Lipinski definition) is 4. The zero-order chi connectivity index (χ0) is 15.0. The highest BCUT2D eigenvalue weighted by Crippen LogP contribution is 2.37. The first-order valence-electron chi connectivity index (χ1n) is 6.77. The molecule has 4 heteroatoms. The van der Waals surface area contributed by atoms with Gasteiger partial charge in [0.1, 0.15) is 6.10 Å². The number of ether oxygens (including phenoxy) is 1. The van der Waals surface area contributed by atoms with E-state index in [1.54, 1.807) is 6.07 Å². The van der Waals surface area contributed by atoms with Crippen LogP contribution < -0.4 is 0 Å². The maximum atomic E-state index is 11.3. The van der Waals surface area contributed by atoms with Crippen LogP contribution in [0.5, 0.6) is 0 Å². The van der Waals surface area contributed by atoms with Gasteiger partial charge in [-0.2, -0.15) is 0 Å². The van der Waals surface area contributed by atoms with Gasteiger partial charge in [-0.05, 0) is 34.2 Å². The largest absolute Gasteiger partial charge is 0.467 e. The third kappa shape index (κ3) is 2.33. The van der Waals surface area contributed by atoms with Gasteiger partial charge in [0, 0.05) is 0 Å². The van der Waals surface area contributed by atoms with Gasteiger partial charge < -0.3 is 14.9 Å². The first kappa shape index (κ1) is 13.8. The van der Waals surface area contributed by atoms with Crippen LogP contribution in [0.15, 0.2) is 42.5 Å². The zero-order valence-electron chi connectivity index (χ0n) is 11.6. The molecule has 21 heavy (non-hydrogen) atoms. The molecule has 0 bridgehead atoms. The van der Waals surface area contributed by atoms with Crippen molar-refractivity contribution in [2.24, 2.45) is 0 Å². The van der Waals surface area contributed by atoms with Crippen LogP contribution in [-0.2, 0) is 16.0 Å². The quantitative estimate of drug-likeness (QED) is 0.720. The number of benzene rings is 2. The van der Waals surface area contributed by atoms with Crippen LogP contribution in [0.25, 0.3) is 11.1 Å². The van der Waals surface area contributed by atoms with Crippen molar-refractivity contribution in [3.8, 4) is 11.1 Å². The molecule has 2 atom stereocenters. The Balaban J connectivity index is 1.92. The number of fused-ring (bicyclic) bond motifs is 3. The minimum atomic E-state index is -1.57. The van der Waals surface area contributed by atoms with E-state index in [4.69, 9.17) is 0 Å². The molecule has 0 aromatic heterocycles. The number of rotatable bonds is 3. The second kappa shape index (κ2) is 5.31. The Morgan fingerprint density at radius 2 is 1.81 bits per heavy atom. The molecule has 2 N–H and O–H groups in total. The first-order chi connectivity index (χ1) is 10.1. The molecule has 1 aliphatic rings. The van der Waals surface area contributed by atoms with Crippen molar-refractivity contribution in [2.45, 2.75) is 18.6 Å². The van der Waals surface area contributed by atoms with E-state index in [0.29, 0.717) is 5.56 Å².